The lowest BCUT2D eigenvalue weighted by atomic mass is 9.94. The van der Waals surface area contributed by atoms with E-state index in [0.717, 1.165) is 41.9 Å². The van der Waals surface area contributed by atoms with Crippen LogP contribution in [-0.4, -0.2) is 33.9 Å². The van der Waals surface area contributed by atoms with Crippen molar-refractivity contribution >= 4 is 17.5 Å². The third kappa shape index (κ3) is 4.80. The van der Waals surface area contributed by atoms with Crippen LogP contribution in [0.25, 0.3) is 11.3 Å². The second-order valence-electron chi connectivity index (χ2n) is 7.32. The molecular weight excluding hydrogens is 389 g/mol. The highest BCUT2D eigenvalue weighted by molar-refractivity contribution is 6.30. The molecule has 1 fully saturated rings. The Balaban J connectivity index is 1.47. The van der Waals surface area contributed by atoms with Gasteiger partial charge in [-0.2, -0.15) is 0 Å². The van der Waals surface area contributed by atoms with Crippen molar-refractivity contribution < 1.29 is 9.18 Å². The van der Waals surface area contributed by atoms with Crippen LogP contribution in [-0.2, 0) is 11.2 Å². The normalized spacial score (nSPS) is 16.6. The fourth-order valence-corrected chi connectivity index (χ4v) is 3.89. The number of halogens is 2. The molecule has 3 aromatic rings. The molecule has 0 saturated carbocycles. The van der Waals surface area contributed by atoms with Crippen molar-refractivity contribution in [2.45, 2.75) is 25.2 Å². The number of likely N-dealkylation sites (tertiary alicyclic amines) is 1. The maximum absolute atomic E-state index is 13.1. The number of hydrogen-bond acceptors (Lipinski definition) is 3. The van der Waals surface area contributed by atoms with Gasteiger partial charge >= 0.3 is 0 Å². The third-order valence-electron chi connectivity index (χ3n) is 5.23. The Hall–Kier alpha value is -2.79. The van der Waals surface area contributed by atoms with Crippen molar-refractivity contribution in [3.63, 3.8) is 0 Å². The average Bonchev–Trinajstić information content (AvgIpc) is 2.75. The molecule has 1 aliphatic heterocycles. The molecule has 0 bridgehead atoms. The molecule has 2 aromatic carbocycles. The second-order valence-corrected chi connectivity index (χ2v) is 7.76. The highest BCUT2D eigenvalue weighted by atomic mass is 35.5. The standard InChI is InChI=1S/C23H21ClFN3O/c24-19-5-1-3-17(12-19)21-13-26-14-22(27-21)18-4-2-10-28(15-18)23(29)11-16-6-8-20(25)9-7-16/h1,3,5-9,12-14,18H,2,4,10-11,15H2/t18-/m1/s1. The van der Waals surface area contributed by atoms with Gasteiger partial charge in [0.1, 0.15) is 5.82 Å². The number of nitrogens with zero attached hydrogens (tertiary/aromatic N) is 3. The summed E-state index contributed by atoms with van der Waals surface area (Å²) in [6, 6.07) is 13.6. The molecule has 29 heavy (non-hydrogen) atoms. The summed E-state index contributed by atoms with van der Waals surface area (Å²) in [5.74, 6) is -0.0924. The lowest BCUT2D eigenvalue weighted by Crippen LogP contribution is -2.40. The minimum absolute atomic E-state index is 0.0558. The van der Waals surface area contributed by atoms with Crippen molar-refractivity contribution in [1.82, 2.24) is 14.9 Å². The average molecular weight is 410 g/mol. The SMILES string of the molecule is O=C(Cc1ccc(F)cc1)N1CCC[C@@H](c2cncc(-c3cccc(Cl)c3)n2)C1. The molecular formula is C23H21ClFN3O. The number of rotatable bonds is 4. The van der Waals surface area contributed by atoms with E-state index in [0.29, 0.717) is 11.6 Å². The quantitative estimate of drug-likeness (QED) is 0.616. The van der Waals surface area contributed by atoms with Gasteiger partial charge in [0.2, 0.25) is 5.91 Å². The monoisotopic (exact) mass is 409 g/mol. The molecule has 4 rings (SSSR count). The Labute approximate surface area is 174 Å². The van der Waals surface area contributed by atoms with E-state index < -0.39 is 0 Å². The molecule has 0 radical (unpaired) electrons. The predicted octanol–water partition coefficient (Wildman–Crippen LogP) is 4.88. The third-order valence-corrected chi connectivity index (χ3v) is 5.47. The van der Waals surface area contributed by atoms with Crippen LogP contribution < -0.4 is 0 Å². The van der Waals surface area contributed by atoms with Gasteiger partial charge in [0.05, 0.1) is 24.0 Å². The van der Waals surface area contributed by atoms with Crippen LogP contribution in [0.3, 0.4) is 0 Å². The molecule has 1 saturated heterocycles. The molecule has 6 heteroatoms. The van der Waals surface area contributed by atoms with E-state index in [4.69, 9.17) is 16.6 Å². The minimum Gasteiger partial charge on any atom is -0.342 e. The van der Waals surface area contributed by atoms with E-state index in [1.807, 2.05) is 29.2 Å². The first kappa shape index (κ1) is 19.5. The lowest BCUT2D eigenvalue weighted by Gasteiger charge is -2.32. The summed E-state index contributed by atoms with van der Waals surface area (Å²) in [6.45, 7) is 1.35. The highest BCUT2D eigenvalue weighted by Gasteiger charge is 2.26. The fraction of sp³-hybridized carbons (Fsp3) is 0.261. The lowest BCUT2D eigenvalue weighted by molar-refractivity contribution is -0.131. The van der Waals surface area contributed by atoms with E-state index in [-0.39, 0.29) is 24.1 Å². The number of benzene rings is 2. The van der Waals surface area contributed by atoms with Crippen molar-refractivity contribution in [2.75, 3.05) is 13.1 Å². The maximum atomic E-state index is 13.1. The van der Waals surface area contributed by atoms with Crippen molar-refractivity contribution in [3.05, 3.63) is 83.0 Å². The van der Waals surface area contributed by atoms with Gasteiger partial charge in [-0.1, -0.05) is 35.9 Å². The van der Waals surface area contributed by atoms with Gasteiger partial charge in [-0.15, -0.1) is 0 Å². The molecule has 1 atom stereocenters. The van der Waals surface area contributed by atoms with Crippen LogP contribution in [0.2, 0.25) is 5.02 Å². The Morgan fingerprint density at radius 1 is 1.17 bits per heavy atom. The molecule has 1 amide bonds. The van der Waals surface area contributed by atoms with Gasteiger partial charge in [-0.3, -0.25) is 9.78 Å². The molecule has 4 nitrogen and oxygen atoms in total. The number of carbonyl (C=O) groups is 1. The van der Waals surface area contributed by atoms with Gasteiger partial charge in [-0.25, -0.2) is 9.37 Å². The molecule has 0 aliphatic carbocycles. The summed E-state index contributed by atoms with van der Waals surface area (Å²) in [5.41, 5.74) is 3.41. The Kier molecular flexibility index (Phi) is 5.86. The molecule has 0 spiro atoms. The number of hydrogen-bond donors (Lipinski definition) is 0. The van der Waals surface area contributed by atoms with E-state index in [2.05, 4.69) is 4.98 Å². The van der Waals surface area contributed by atoms with Gasteiger partial charge in [-0.05, 0) is 42.7 Å². The molecule has 1 aromatic heterocycles. The van der Waals surface area contributed by atoms with Gasteiger partial charge < -0.3 is 4.90 Å². The summed E-state index contributed by atoms with van der Waals surface area (Å²) in [7, 11) is 0. The number of aromatic nitrogens is 2. The summed E-state index contributed by atoms with van der Waals surface area (Å²) >= 11 is 6.10. The Bertz CT molecular complexity index is 1010. The minimum atomic E-state index is -0.294. The molecule has 0 N–H and O–H groups in total. The molecule has 2 heterocycles. The van der Waals surface area contributed by atoms with Crippen LogP contribution in [0.5, 0.6) is 0 Å². The molecule has 0 unspecified atom stereocenters. The first-order valence-electron chi connectivity index (χ1n) is 9.68. The Morgan fingerprint density at radius 2 is 2.00 bits per heavy atom. The fourth-order valence-electron chi connectivity index (χ4n) is 3.70. The van der Waals surface area contributed by atoms with Crippen molar-refractivity contribution in [2.24, 2.45) is 0 Å². The number of carbonyl (C=O) groups excluding carboxylic acids is 1. The highest BCUT2D eigenvalue weighted by Crippen LogP contribution is 2.28. The predicted molar refractivity (Wildman–Crippen MR) is 111 cm³/mol. The first-order valence-corrected chi connectivity index (χ1v) is 10.1. The molecule has 148 valence electrons. The summed E-state index contributed by atoms with van der Waals surface area (Å²) in [5, 5.41) is 0.657. The van der Waals surface area contributed by atoms with Gasteiger partial charge in [0.15, 0.2) is 0 Å². The summed E-state index contributed by atoms with van der Waals surface area (Å²) in [6.07, 6.45) is 5.68. The van der Waals surface area contributed by atoms with Crippen LogP contribution in [0.1, 0.15) is 30.0 Å². The van der Waals surface area contributed by atoms with Gasteiger partial charge in [0, 0.05) is 35.8 Å². The number of amides is 1. The van der Waals surface area contributed by atoms with Crippen molar-refractivity contribution in [3.8, 4) is 11.3 Å². The molecule has 1 aliphatic rings. The van der Waals surface area contributed by atoms with Crippen LogP contribution in [0.4, 0.5) is 4.39 Å². The van der Waals surface area contributed by atoms with Gasteiger partial charge in [0.25, 0.3) is 0 Å². The van der Waals surface area contributed by atoms with Crippen LogP contribution in [0, 0.1) is 5.82 Å². The Morgan fingerprint density at radius 3 is 2.79 bits per heavy atom. The van der Waals surface area contributed by atoms with E-state index >= 15 is 0 Å². The van der Waals surface area contributed by atoms with E-state index in [1.54, 1.807) is 24.5 Å². The maximum Gasteiger partial charge on any atom is 0.227 e. The zero-order valence-electron chi connectivity index (χ0n) is 15.9. The summed E-state index contributed by atoms with van der Waals surface area (Å²) < 4.78 is 13.1. The number of piperidine rings is 1. The smallest absolute Gasteiger partial charge is 0.227 e. The van der Waals surface area contributed by atoms with Crippen molar-refractivity contribution in [1.29, 1.82) is 0 Å². The van der Waals surface area contributed by atoms with E-state index in [1.165, 1.54) is 12.1 Å². The largest absolute Gasteiger partial charge is 0.342 e. The van der Waals surface area contributed by atoms with Crippen LogP contribution >= 0.6 is 11.6 Å². The zero-order chi connectivity index (χ0) is 20.2. The summed E-state index contributed by atoms with van der Waals surface area (Å²) in [4.78, 5) is 23.8. The second kappa shape index (κ2) is 8.70. The van der Waals surface area contributed by atoms with E-state index in [9.17, 15) is 9.18 Å². The first-order chi connectivity index (χ1) is 14.1. The topological polar surface area (TPSA) is 46.1 Å². The van der Waals surface area contributed by atoms with Crippen LogP contribution in [0.15, 0.2) is 60.9 Å². The zero-order valence-corrected chi connectivity index (χ0v) is 16.6.